The third-order valence-corrected chi connectivity index (χ3v) is 6.21. The third kappa shape index (κ3) is 3.33. The molecule has 1 saturated carbocycles. The Hall–Kier alpha value is -0.830. The second kappa shape index (κ2) is 6.51. The van der Waals surface area contributed by atoms with Gasteiger partial charge in [-0.25, -0.2) is 8.42 Å². The first-order valence-electron chi connectivity index (χ1n) is 6.50. The summed E-state index contributed by atoms with van der Waals surface area (Å²) >= 11 is 3.27. The summed E-state index contributed by atoms with van der Waals surface area (Å²) in [5.41, 5.74) is 0. The molecule has 0 spiro atoms. The molecule has 2 rings (SSSR count). The number of ether oxygens (including phenoxy) is 2. The van der Waals surface area contributed by atoms with Crippen LogP contribution in [0.3, 0.4) is 0 Å². The van der Waals surface area contributed by atoms with E-state index in [2.05, 4.69) is 15.9 Å². The van der Waals surface area contributed by atoms with Crippen LogP contribution in [0.25, 0.3) is 0 Å². The molecule has 118 valence electrons. The normalized spacial score (nSPS) is 15.3. The Balaban J connectivity index is 2.48. The van der Waals surface area contributed by atoms with E-state index in [9.17, 15) is 8.42 Å². The summed E-state index contributed by atoms with van der Waals surface area (Å²) in [4.78, 5) is 0.112. The topological polar surface area (TPSA) is 76.1 Å². The van der Waals surface area contributed by atoms with E-state index in [-0.39, 0.29) is 24.1 Å². The van der Waals surface area contributed by atoms with Crippen molar-refractivity contribution in [1.82, 2.24) is 4.31 Å². The molecule has 8 heteroatoms. The van der Waals surface area contributed by atoms with E-state index in [0.29, 0.717) is 16.0 Å². The minimum absolute atomic E-state index is 0.0258. The van der Waals surface area contributed by atoms with Crippen LogP contribution in [-0.4, -0.2) is 51.2 Å². The van der Waals surface area contributed by atoms with E-state index in [1.807, 2.05) is 0 Å². The van der Waals surface area contributed by atoms with Gasteiger partial charge in [-0.2, -0.15) is 4.31 Å². The predicted molar refractivity (Wildman–Crippen MR) is 81.2 cm³/mol. The Labute approximate surface area is 132 Å². The van der Waals surface area contributed by atoms with Crippen LogP contribution < -0.4 is 9.47 Å². The van der Waals surface area contributed by atoms with Gasteiger partial charge in [0.1, 0.15) is 4.90 Å². The van der Waals surface area contributed by atoms with Gasteiger partial charge < -0.3 is 14.6 Å². The lowest BCUT2D eigenvalue weighted by molar-refractivity contribution is 0.250. The first-order valence-corrected chi connectivity index (χ1v) is 8.73. The molecule has 1 aliphatic carbocycles. The molecular formula is C13H18BrNO5S. The van der Waals surface area contributed by atoms with Crippen LogP contribution in [0, 0.1) is 0 Å². The standard InChI is InChI=1S/C13H18BrNO5S/c1-19-11-7-10(14)13(8-12(11)20-2)21(17,18)15(5-6-16)9-3-4-9/h7-9,16H,3-6H2,1-2H3. The molecule has 1 aliphatic rings. The SMILES string of the molecule is COc1cc(Br)c(S(=O)(=O)N(CCO)C2CC2)cc1OC. The zero-order valence-corrected chi connectivity index (χ0v) is 14.3. The first-order chi connectivity index (χ1) is 9.95. The second-order valence-corrected chi connectivity index (χ2v) is 7.42. The number of aliphatic hydroxyl groups excluding tert-OH is 1. The molecule has 0 heterocycles. The molecule has 6 nitrogen and oxygen atoms in total. The number of aliphatic hydroxyl groups is 1. The molecule has 0 radical (unpaired) electrons. The molecule has 21 heavy (non-hydrogen) atoms. The van der Waals surface area contributed by atoms with E-state index in [1.165, 1.54) is 24.6 Å². The number of hydrogen-bond acceptors (Lipinski definition) is 5. The molecule has 0 saturated heterocycles. The largest absolute Gasteiger partial charge is 0.493 e. The van der Waals surface area contributed by atoms with Crippen LogP contribution in [0.2, 0.25) is 0 Å². The van der Waals surface area contributed by atoms with Crippen molar-refractivity contribution in [3.8, 4) is 11.5 Å². The summed E-state index contributed by atoms with van der Waals surface area (Å²) < 4.78 is 37.6. The molecule has 1 fully saturated rings. The number of methoxy groups -OCH3 is 2. The lowest BCUT2D eigenvalue weighted by Gasteiger charge is -2.22. The number of hydrogen-bond donors (Lipinski definition) is 1. The summed E-state index contributed by atoms with van der Waals surface area (Å²) in [6.45, 7) is -0.117. The van der Waals surface area contributed by atoms with Crippen molar-refractivity contribution in [3.05, 3.63) is 16.6 Å². The van der Waals surface area contributed by atoms with Gasteiger partial charge in [0.2, 0.25) is 10.0 Å². The molecule has 1 aromatic carbocycles. The maximum Gasteiger partial charge on any atom is 0.244 e. The van der Waals surface area contributed by atoms with Crippen molar-refractivity contribution < 1.29 is 23.0 Å². The average molecular weight is 380 g/mol. The Morgan fingerprint density at radius 1 is 1.29 bits per heavy atom. The Morgan fingerprint density at radius 3 is 2.33 bits per heavy atom. The highest BCUT2D eigenvalue weighted by molar-refractivity contribution is 9.10. The van der Waals surface area contributed by atoms with Crippen LogP contribution in [0.5, 0.6) is 11.5 Å². The average Bonchev–Trinajstić information content (AvgIpc) is 3.28. The van der Waals surface area contributed by atoms with Gasteiger partial charge in [-0.3, -0.25) is 0 Å². The summed E-state index contributed by atoms with van der Waals surface area (Å²) in [5, 5.41) is 9.11. The number of benzene rings is 1. The molecule has 0 amide bonds. The van der Waals surface area contributed by atoms with Crippen molar-refractivity contribution in [3.63, 3.8) is 0 Å². The quantitative estimate of drug-likeness (QED) is 0.778. The van der Waals surface area contributed by atoms with Crippen molar-refractivity contribution in [2.24, 2.45) is 0 Å². The first kappa shape index (κ1) is 16.5. The fourth-order valence-electron chi connectivity index (χ4n) is 2.12. The van der Waals surface area contributed by atoms with Crippen LogP contribution in [0.4, 0.5) is 0 Å². The number of nitrogens with zero attached hydrogens (tertiary/aromatic N) is 1. The van der Waals surface area contributed by atoms with Gasteiger partial charge in [-0.15, -0.1) is 0 Å². The van der Waals surface area contributed by atoms with Gasteiger partial charge in [0.05, 0.1) is 20.8 Å². The minimum atomic E-state index is -3.70. The van der Waals surface area contributed by atoms with E-state index < -0.39 is 10.0 Å². The Kier molecular flexibility index (Phi) is 5.13. The lowest BCUT2D eigenvalue weighted by Crippen LogP contribution is -2.35. The molecule has 0 unspecified atom stereocenters. The predicted octanol–water partition coefficient (Wildman–Crippen LogP) is 1.61. The van der Waals surface area contributed by atoms with Gasteiger partial charge in [0.25, 0.3) is 0 Å². The minimum Gasteiger partial charge on any atom is -0.493 e. The second-order valence-electron chi connectivity index (χ2n) is 4.71. The number of sulfonamides is 1. The maximum atomic E-state index is 12.8. The van der Waals surface area contributed by atoms with Gasteiger partial charge in [-0.1, -0.05) is 0 Å². The molecule has 0 aliphatic heterocycles. The van der Waals surface area contributed by atoms with E-state index in [0.717, 1.165) is 12.8 Å². The van der Waals surface area contributed by atoms with Gasteiger partial charge in [0, 0.05) is 23.1 Å². The fourth-order valence-corrected chi connectivity index (χ4v) is 4.79. The smallest absolute Gasteiger partial charge is 0.244 e. The van der Waals surface area contributed by atoms with Crippen LogP contribution in [-0.2, 0) is 10.0 Å². The molecule has 1 N–H and O–H groups in total. The van der Waals surface area contributed by atoms with E-state index in [1.54, 1.807) is 6.07 Å². The van der Waals surface area contributed by atoms with Gasteiger partial charge >= 0.3 is 0 Å². The highest BCUT2D eigenvalue weighted by Gasteiger charge is 2.38. The molecule has 1 aromatic rings. The molecule has 0 atom stereocenters. The van der Waals surface area contributed by atoms with E-state index >= 15 is 0 Å². The van der Waals surface area contributed by atoms with Crippen molar-refractivity contribution in [2.45, 2.75) is 23.8 Å². The highest BCUT2D eigenvalue weighted by Crippen LogP contribution is 2.39. The van der Waals surface area contributed by atoms with Crippen molar-refractivity contribution in [1.29, 1.82) is 0 Å². The van der Waals surface area contributed by atoms with Crippen molar-refractivity contribution >= 4 is 26.0 Å². The zero-order valence-electron chi connectivity index (χ0n) is 11.9. The molecule has 0 aromatic heterocycles. The van der Waals surface area contributed by atoms with Gasteiger partial charge in [-0.05, 0) is 34.8 Å². The fraction of sp³-hybridized carbons (Fsp3) is 0.538. The third-order valence-electron chi connectivity index (χ3n) is 3.30. The maximum absolute atomic E-state index is 12.8. The van der Waals surface area contributed by atoms with Gasteiger partial charge in [0.15, 0.2) is 11.5 Å². The van der Waals surface area contributed by atoms with Crippen LogP contribution in [0.15, 0.2) is 21.5 Å². The summed E-state index contributed by atoms with van der Waals surface area (Å²) in [6, 6.07) is 2.97. The monoisotopic (exact) mass is 379 g/mol. The zero-order chi connectivity index (χ0) is 15.6. The van der Waals surface area contributed by atoms with E-state index in [4.69, 9.17) is 14.6 Å². The molecule has 0 bridgehead atoms. The lowest BCUT2D eigenvalue weighted by atomic mass is 10.3. The Morgan fingerprint density at radius 2 is 1.86 bits per heavy atom. The number of halogens is 1. The van der Waals surface area contributed by atoms with Crippen molar-refractivity contribution in [2.75, 3.05) is 27.4 Å². The summed E-state index contributed by atoms with van der Waals surface area (Å²) in [6.07, 6.45) is 1.65. The summed E-state index contributed by atoms with van der Waals surface area (Å²) in [5.74, 6) is 0.794. The Bertz CT molecular complexity index is 615. The molecular weight excluding hydrogens is 362 g/mol. The highest BCUT2D eigenvalue weighted by atomic mass is 79.9. The van der Waals surface area contributed by atoms with Crippen LogP contribution >= 0.6 is 15.9 Å². The summed E-state index contributed by atoms with van der Waals surface area (Å²) in [7, 11) is -0.758. The number of rotatable bonds is 7. The van der Waals surface area contributed by atoms with Crippen LogP contribution in [0.1, 0.15) is 12.8 Å².